The van der Waals surface area contributed by atoms with E-state index in [9.17, 15) is 45.6 Å². The second-order valence-electron chi connectivity index (χ2n) is 29.2. The van der Waals surface area contributed by atoms with E-state index in [4.69, 9.17) is 18.9 Å². The fourth-order valence-electron chi connectivity index (χ4n) is 13.0. The number of amides is 1. The van der Waals surface area contributed by atoms with E-state index in [1.807, 2.05) is 6.08 Å². The first kappa shape index (κ1) is 97.7. The van der Waals surface area contributed by atoms with Crippen LogP contribution in [0.1, 0.15) is 322 Å². The molecule has 0 radical (unpaired) electrons. The van der Waals surface area contributed by atoms with Crippen molar-refractivity contribution in [3.05, 3.63) is 158 Å². The molecule has 2 rings (SSSR count). The summed E-state index contributed by atoms with van der Waals surface area (Å²) in [5.74, 6) is -0.261. The Morgan fingerprint density at radius 3 is 1.04 bits per heavy atom. The van der Waals surface area contributed by atoms with E-state index in [0.29, 0.717) is 12.8 Å². The third-order valence-electron chi connectivity index (χ3n) is 19.7. The second-order valence-corrected chi connectivity index (χ2v) is 29.2. The van der Waals surface area contributed by atoms with E-state index < -0.39 is 86.8 Å². The SMILES string of the molecule is CC/C=C\C/C=C\C/C=C\C/C=C\C/C=C\C/C=C\C/C=C\C/C=C\C/C=C\C/C=C\CCCCCCCCCCCCC(=O)NC(COC1OC(CO)C(OC2OC(CO)C(O)C(O)C2O)C(O)C1O)C(O)/C=C/CC/C=C/CC/C=C/CCCCCCCCCCCCCCCCCCCCCCC. The lowest BCUT2D eigenvalue weighted by Crippen LogP contribution is -2.65. The second kappa shape index (κ2) is 73.4. The van der Waals surface area contributed by atoms with Crippen molar-refractivity contribution >= 4 is 5.91 Å². The van der Waals surface area contributed by atoms with Crippen molar-refractivity contribution in [2.45, 2.75) is 396 Å². The molecule has 0 aromatic heterocycles. The van der Waals surface area contributed by atoms with Crippen LogP contribution in [0.25, 0.3) is 0 Å². The van der Waals surface area contributed by atoms with Crippen molar-refractivity contribution in [1.82, 2.24) is 5.32 Å². The summed E-state index contributed by atoms with van der Waals surface area (Å²) in [7, 11) is 0. The Balaban J connectivity index is 1.63. The third-order valence-corrected chi connectivity index (χ3v) is 19.7. The Bertz CT molecular complexity index is 2400. The maximum Gasteiger partial charge on any atom is 0.220 e. The molecule has 14 heteroatoms. The number of aliphatic hydroxyl groups is 8. The number of ether oxygens (including phenoxy) is 4. The zero-order valence-electron chi connectivity index (χ0n) is 66.6. The van der Waals surface area contributed by atoms with Gasteiger partial charge in [0.25, 0.3) is 0 Å². The molecule has 9 N–H and O–H groups in total. The minimum atomic E-state index is -1.80. The lowest BCUT2D eigenvalue weighted by Gasteiger charge is -2.46. The van der Waals surface area contributed by atoms with Crippen LogP contribution in [0.15, 0.2) is 158 Å². The van der Waals surface area contributed by atoms with E-state index >= 15 is 0 Å². The van der Waals surface area contributed by atoms with E-state index in [0.717, 1.165) is 116 Å². The largest absolute Gasteiger partial charge is 0.394 e. The lowest BCUT2D eigenvalue weighted by atomic mass is 9.97. The zero-order valence-corrected chi connectivity index (χ0v) is 66.6. The van der Waals surface area contributed by atoms with Crippen molar-refractivity contribution in [3.8, 4) is 0 Å². The van der Waals surface area contributed by atoms with Crippen molar-refractivity contribution in [2.24, 2.45) is 0 Å². The average molecular weight is 1480 g/mol. The molecule has 2 aliphatic heterocycles. The summed E-state index contributed by atoms with van der Waals surface area (Å²) >= 11 is 0. The first-order chi connectivity index (χ1) is 52.1. The molecular weight excluding hydrogens is 1330 g/mol. The Morgan fingerprint density at radius 2 is 0.660 bits per heavy atom. The van der Waals surface area contributed by atoms with Crippen LogP contribution in [0.2, 0.25) is 0 Å². The predicted octanol–water partition coefficient (Wildman–Crippen LogP) is 20.5. The molecule has 14 nitrogen and oxygen atoms in total. The predicted molar refractivity (Wildman–Crippen MR) is 442 cm³/mol. The summed E-state index contributed by atoms with van der Waals surface area (Å²) in [6.07, 6.45) is 96.2. The standard InChI is InChI=1S/C92H155NO13/c1-3-5-7-9-11-13-15-17-19-21-23-25-27-29-31-33-35-36-37-38-39-40-41-42-43-44-46-48-50-52-54-56-58-60-62-64-66-68-70-72-74-76-84(97)93-80(79-103-91-89(102)87(100)90(83(78-95)105-91)106-92-88(101)86(99)85(98)82(77-94)104-92)81(96)75-73-71-69-67-65-63-61-59-57-55-53-51-49-47-45-34-32-30-28-26-24-22-20-18-16-14-12-10-8-6-4-2/h5,7,11,13,17,19,23,25,29,31,35-36,38-39,41-42,44,46,50,52,57,59,65,67,73,75,80-83,85-92,94-96,98-102H,3-4,6,8-10,12,14-16,18,20-22,24,26-28,30,32-34,37,40,43,45,47-49,51,53-56,58,60-64,66,68-72,74,76-79H2,1-2H3,(H,93,97)/b7-5-,13-11-,19-17-,25-23-,31-29-,36-35-,39-38-,42-41-,46-44-,52-50-,59-57+,67-65+,75-73+. The minimum absolute atomic E-state index is 0.255. The van der Waals surface area contributed by atoms with Crippen molar-refractivity contribution < 1.29 is 64.6 Å². The molecule has 606 valence electrons. The van der Waals surface area contributed by atoms with Gasteiger partial charge in [-0.3, -0.25) is 4.79 Å². The molecule has 1 amide bonds. The highest BCUT2D eigenvalue weighted by Crippen LogP contribution is 2.30. The smallest absolute Gasteiger partial charge is 0.220 e. The number of allylic oxidation sites excluding steroid dienone is 25. The molecule has 2 heterocycles. The monoisotopic (exact) mass is 1480 g/mol. The fraction of sp³-hybridized carbons (Fsp3) is 0.707. The van der Waals surface area contributed by atoms with Crippen LogP contribution in [0.4, 0.5) is 0 Å². The third kappa shape index (κ3) is 55.1. The molecular formula is C92H155NO13. The van der Waals surface area contributed by atoms with Gasteiger partial charge in [-0.05, 0) is 122 Å². The number of unbranched alkanes of at least 4 members (excludes halogenated alkanes) is 33. The summed E-state index contributed by atoms with van der Waals surface area (Å²) < 4.78 is 22.9. The maximum absolute atomic E-state index is 13.4. The van der Waals surface area contributed by atoms with Crippen LogP contribution in [0.3, 0.4) is 0 Å². The zero-order chi connectivity index (χ0) is 76.5. The van der Waals surface area contributed by atoms with Gasteiger partial charge in [0.1, 0.15) is 48.8 Å². The van der Waals surface area contributed by atoms with E-state index in [1.165, 1.54) is 173 Å². The molecule has 0 spiro atoms. The number of aliphatic hydroxyl groups excluding tert-OH is 8. The van der Waals surface area contributed by atoms with Gasteiger partial charge in [0.05, 0.1) is 32.0 Å². The van der Waals surface area contributed by atoms with Crippen LogP contribution in [-0.2, 0) is 23.7 Å². The summed E-state index contributed by atoms with van der Waals surface area (Å²) in [4.78, 5) is 13.4. The van der Waals surface area contributed by atoms with Gasteiger partial charge in [-0.15, -0.1) is 0 Å². The van der Waals surface area contributed by atoms with Gasteiger partial charge in [0.15, 0.2) is 12.6 Å². The van der Waals surface area contributed by atoms with E-state index in [2.05, 4.69) is 165 Å². The van der Waals surface area contributed by atoms with Crippen molar-refractivity contribution in [3.63, 3.8) is 0 Å². The summed E-state index contributed by atoms with van der Waals surface area (Å²) in [6, 6.07) is -0.954. The van der Waals surface area contributed by atoms with Gasteiger partial charge in [-0.1, -0.05) is 352 Å². The average Bonchev–Trinajstić information content (AvgIpc) is 0.790. The highest BCUT2D eigenvalue weighted by Gasteiger charge is 2.51. The van der Waals surface area contributed by atoms with E-state index in [1.54, 1.807) is 6.08 Å². The molecule has 12 unspecified atom stereocenters. The van der Waals surface area contributed by atoms with Gasteiger partial charge >= 0.3 is 0 Å². The summed E-state index contributed by atoms with van der Waals surface area (Å²) in [5, 5.41) is 87.7. The quantitative estimate of drug-likeness (QED) is 0.0204. The van der Waals surface area contributed by atoms with Crippen LogP contribution in [0.5, 0.6) is 0 Å². The van der Waals surface area contributed by atoms with Crippen LogP contribution >= 0.6 is 0 Å². The minimum Gasteiger partial charge on any atom is -0.394 e. The molecule has 2 saturated heterocycles. The molecule has 12 atom stereocenters. The van der Waals surface area contributed by atoms with Gasteiger partial charge < -0.3 is 65.1 Å². The molecule has 2 fully saturated rings. The van der Waals surface area contributed by atoms with Crippen molar-refractivity contribution in [2.75, 3.05) is 19.8 Å². The Hall–Kier alpha value is -4.39. The maximum atomic E-state index is 13.4. The molecule has 0 aromatic rings. The number of hydrogen-bond donors (Lipinski definition) is 9. The first-order valence-corrected chi connectivity index (χ1v) is 42.7. The Morgan fingerprint density at radius 1 is 0.349 bits per heavy atom. The molecule has 2 aliphatic rings. The summed E-state index contributed by atoms with van der Waals surface area (Å²) in [6.45, 7) is 2.68. The number of hydrogen-bond acceptors (Lipinski definition) is 13. The Kier molecular flexibility index (Phi) is 67.7. The topological polar surface area (TPSA) is 228 Å². The first-order valence-electron chi connectivity index (χ1n) is 42.7. The normalized spacial score (nSPS) is 22.1. The molecule has 0 saturated carbocycles. The van der Waals surface area contributed by atoms with Crippen LogP contribution in [-0.4, -0.2) is 140 Å². The van der Waals surface area contributed by atoms with Gasteiger partial charge in [-0.25, -0.2) is 0 Å². The van der Waals surface area contributed by atoms with Gasteiger partial charge in [0.2, 0.25) is 5.91 Å². The molecule has 0 aliphatic carbocycles. The fourth-order valence-corrected chi connectivity index (χ4v) is 13.0. The molecule has 0 aromatic carbocycles. The van der Waals surface area contributed by atoms with Gasteiger partial charge in [0, 0.05) is 6.42 Å². The van der Waals surface area contributed by atoms with Gasteiger partial charge in [-0.2, -0.15) is 0 Å². The van der Waals surface area contributed by atoms with Crippen LogP contribution < -0.4 is 5.32 Å². The number of carbonyl (C=O) groups excluding carboxylic acids is 1. The highest BCUT2D eigenvalue weighted by atomic mass is 16.7. The van der Waals surface area contributed by atoms with Crippen molar-refractivity contribution in [1.29, 1.82) is 0 Å². The number of carbonyl (C=O) groups is 1. The van der Waals surface area contributed by atoms with E-state index in [-0.39, 0.29) is 18.9 Å². The summed E-state index contributed by atoms with van der Waals surface area (Å²) in [5.41, 5.74) is 0. The Labute approximate surface area is 645 Å². The van der Waals surface area contributed by atoms with Crippen LogP contribution in [0, 0.1) is 0 Å². The lowest BCUT2D eigenvalue weighted by molar-refractivity contribution is -0.359. The number of rotatable bonds is 70. The number of nitrogens with one attached hydrogen (secondary N) is 1. The molecule has 106 heavy (non-hydrogen) atoms. The molecule has 0 bridgehead atoms. The highest BCUT2D eigenvalue weighted by molar-refractivity contribution is 5.76.